The van der Waals surface area contributed by atoms with Crippen LogP contribution in [-0.2, 0) is 13.2 Å². The number of aryl methyl sites for hydroxylation is 2. The molecule has 0 fully saturated rings. The molecule has 0 aromatic heterocycles. The Morgan fingerprint density at radius 2 is 1.73 bits per heavy atom. The molecule has 26 heavy (non-hydrogen) atoms. The summed E-state index contributed by atoms with van der Waals surface area (Å²) in [4.78, 5) is 0. The molecule has 0 saturated carbocycles. The van der Waals surface area contributed by atoms with Gasteiger partial charge in [-0.1, -0.05) is 35.9 Å². The summed E-state index contributed by atoms with van der Waals surface area (Å²) in [7, 11) is 0. The molecule has 134 valence electrons. The number of benzene rings is 3. The third-order valence-corrected chi connectivity index (χ3v) is 4.43. The van der Waals surface area contributed by atoms with E-state index in [4.69, 9.17) is 16.3 Å². The highest BCUT2D eigenvalue weighted by Gasteiger charge is 2.07. The fraction of sp³-hybridized carbons (Fsp3) is 0.182. The lowest BCUT2D eigenvalue weighted by atomic mass is 10.1. The molecule has 0 unspecified atom stereocenters. The standard InChI is InChI=1S/C22H21ClFNO/c1-15-3-4-16(2)21(11-15)25-13-18-12-19(23)7-10-22(18)26-14-17-5-8-20(24)9-6-17/h3-12,25H,13-14H2,1-2H3. The summed E-state index contributed by atoms with van der Waals surface area (Å²) < 4.78 is 19.0. The first kappa shape index (κ1) is 18.3. The first-order valence-electron chi connectivity index (χ1n) is 8.48. The largest absolute Gasteiger partial charge is 0.489 e. The van der Waals surface area contributed by atoms with Crippen LogP contribution in [0.4, 0.5) is 10.1 Å². The number of nitrogens with one attached hydrogen (secondary N) is 1. The third kappa shape index (κ3) is 4.77. The SMILES string of the molecule is Cc1ccc(C)c(NCc2cc(Cl)ccc2OCc2ccc(F)cc2)c1. The molecular formula is C22H21ClFNO. The van der Waals surface area contributed by atoms with Gasteiger partial charge in [0.05, 0.1) is 0 Å². The maximum absolute atomic E-state index is 13.0. The van der Waals surface area contributed by atoms with Crippen molar-refractivity contribution in [3.8, 4) is 5.75 Å². The first-order valence-corrected chi connectivity index (χ1v) is 8.86. The third-order valence-electron chi connectivity index (χ3n) is 4.19. The van der Waals surface area contributed by atoms with Gasteiger partial charge in [-0.05, 0) is 66.9 Å². The van der Waals surface area contributed by atoms with Crippen molar-refractivity contribution in [1.82, 2.24) is 0 Å². The van der Waals surface area contributed by atoms with Crippen LogP contribution in [0.1, 0.15) is 22.3 Å². The highest BCUT2D eigenvalue weighted by Crippen LogP contribution is 2.26. The summed E-state index contributed by atoms with van der Waals surface area (Å²) in [5.41, 5.74) is 5.37. The van der Waals surface area contributed by atoms with Gasteiger partial charge in [-0.25, -0.2) is 4.39 Å². The Balaban J connectivity index is 1.73. The van der Waals surface area contributed by atoms with Crippen molar-refractivity contribution in [3.63, 3.8) is 0 Å². The summed E-state index contributed by atoms with van der Waals surface area (Å²) in [6, 6.07) is 18.2. The molecule has 0 aliphatic heterocycles. The molecule has 0 saturated heterocycles. The lowest BCUT2D eigenvalue weighted by Crippen LogP contribution is -2.05. The average Bonchev–Trinajstić information content (AvgIpc) is 2.63. The van der Waals surface area contributed by atoms with Gasteiger partial charge in [0, 0.05) is 22.8 Å². The Bertz CT molecular complexity index is 893. The lowest BCUT2D eigenvalue weighted by molar-refractivity contribution is 0.303. The molecule has 0 heterocycles. The van der Waals surface area contributed by atoms with Gasteiger partial charge < -0.3 is 10.1 Å². The Labute approximate surface area is 158 Å². The number of ether oxygens (including phenoxy) is 1. The Kier molecular flexibility index (Phi) is 5.79. The van der Waals surface area contributed by atoms with E-state index in [1.165, 1.54) is 23.3 Å². The molecule has 0 aliphatic carbocycles. The monoisotopic (exact) mass is 369 g/mol. The van der Waals surface area contributed by atoms with Crippen LogP contribution in [0, 0.1) is 19.7 Å². The maximum Gasteiger partial charge on any atom is 0.124 e. The molecule has 0 atom stereocenters. The van der Waals surface area contributed by atoms with Crippen molar-refractivity contribution < 1.29 is 9.13 Å². The summed E-state index contributed by atoms with van der Waals surface area (Å²) in [6.45, 7) is 5.12. The molecule has 0 amide bonds. The van der Waals surface area contributed by atoms with E-state index in [9.17, 15) is 4.39 Å². The Morgan fingerprint density at radius 3 is 2.50 bits per heavy atom. The lowest BCUT2D eigenvalue weighted by Gasteiger charge is -2.15. The molecule has 0 bridgehead atoms. The molecule has 2 nitrogen and oxygen atoms in total. The zero-order chi connectivity index (χ0) is 18.5. The van der Waals surface area contributed by atoms with E-state index in [1.54, 1.807) is 12.1 Å². The number of anilines is 1. The van der Waals surface area contributed by atoms with Gasteiger partial charge in [0.25, 0.3) is 0 Å². The van der Waals surface area contributed by atoms with Gasteiger partial charge in [-0.3, -0.25) is 0 Å². The van der Waals surface area contributed by atoms with Crippen LogP contribution < -0.4 is 10.1 Å². The van der Waals surface area contributed by atoms with Crippen LogP contribution in [0.2, 0.25) is 5.02 Å². The number of rotatable bonds is 6. The fourth-order valence-electron chi connectivity index (χ4n) is 2.69. The minimum Gasteiger partial charge on any atom is -0.489 e. The molecule has 3 aromatic rings. The second kappa shape index (κ2) is 8.24. The quantitative estimate of drug-likeness (QED) is 0.551. The predicted octanol–water partition coefficient (Wildman–Crippen LogP) is 6.29. The molecular weight excluding hydrogens is 349 g/mol. The van der Waals surface area contributed by atoms with Crippen molar-refractivity contribution in [3.05, 3.63) is 93.8 Å². The zero-order valence-corrected chi connectivity index (χ0v) is 15.6. The van der Waals surface area contributed by atoms with Gasteiger partial charge >= 0.3 is 0 Å². The van der Waals surface area contributed by atoms with E-state index >= 15 is 0 Å². The van der Waals surface area contributed by atoms with Crippen molar-refractivity contribution in [2.24, 2.45) is 0 Å². The fourth-order valence-corrected chi connectivity index (χ4v) is 2.88. The van der Waals surface area contributed by atoms with Gasteiger partial charge in [0.1, 0.15) is 18.2 Å². The second-order valence-corrected chi connectivity index (χ2v) is 6.78. The molecule has 0 aliphatic rings. The average molecular weight is 370 g/mol. The van der Waals surface area contributed by atoms with Gasteiger partial charge in [-0.2, -0.15) is 0 Å². The Morgan fingerprint density at radius 1 is 0.962 bits per heavy atom. The first-order chi connectivity index (χ1) is 12.5. The minimum atomic E-state index is -0.251. The molecule has 3 rings (SSSR count). The van der Waals surface area contributed by atoms with Crippen LogP contribution in [-0.4, -0.2) is 0 Å². The summed E-state index contributed by atoms with van der Waals surface area (Å²) >= 11 is 6.16. The van der Waals surface area contributed by atoms with E-state index in [0.29, 0.717) is 18.2 Å². The van der Waals surface area contributed by atoms with Crippen molar-refractivity contribution >= 4 is 17.3 Å². The highest BCUT2D eigenvalue weighted by atomic mass is 35.5. The molecule has 1 N–H and O–H groups in total. The van der Waals surface area contributed by atoms with Crippen LogP contribution in [0.3, 0.4) is 0 Å². The van der Waals surface area contributed by atoms with E-state index in [0.717, 1.165) is 22.6 Å². The maximum atomic E-state index is 13.0. The van der Waals surface area contributed by atoms with Crippen LogP contribution in [0.25, 0.3) is 0 Å². The van der Waals surface area contributed by atoms with Gasteiger partial charge in [0.15, 0.2) is 0 Å². The van der Waals surface area contributed by atoms with Crippen molar-refractivity contribution in [2.75, 3.05) is 5.32 Å². The van der Waals surface area contributed by atoms with Gasteiger partial charge in [0.2, 0.25) is 0 Å². The van der Waals surface area contributed by atoms with E-state index in [1.807, 2.05) is 18.2 Å². The van der Waals surface area contributed by atoms with Crippen molar-refractivity contribution in [1.29, 1.82) is 0 Å². The highest BCUT2D eigenvalue weighted by molar-refractivity contribution is 6.30. The molecule has 3 aromatic carbocycles. The second-order valence-electron chi connectivity index (χ2n) is 6.34. The van der Waals surface area contributed by atoms with E-state index in [2.05, 4.69) is 37.4 Å². The number of hydrogen-bond acceptors (Lipinski definition) is 2. The Hall–Kier alpha value is -2.52. The molecule has 0 radical (unpaired) electrons. The molecule has 0 spiro atoms. The van der Waals surface area contributed by atoms with E-state index < -0.39 is 0 Å². The normalized spacial score (nSPS) is 10.6. The summed E-state index contributed by atoms with van der Waals surface area (Å²) in [5.74, 6) is 0.509. The number of halogens is 2. The van der Waals surface area contributed by atoms with E-state index in [-0.39, 0.29) is 5.82 Å². The van der Waals surface area contributed by atoms with Gasteiger partial charge in [-0.15, -0.1) is 0 Å². The summed E-state index contributed by atoms with van der Waals surface area (Å²) in [6.07, 6.45) is 0. The van der Waals surface area contributed by atoms with Crippen molar-refractivity contribution in [2.45, 2.75) is 27.0 Å². The topological polar surface area (TPSA) is 21.3 Å². The zero-order valence-electron chi connectivity index (χ0n) is 14.9. The minimum absolute atomic E-state index is 0.251. The number of hydrogen-bond donors (Lipinski definition) is 1. The van der Waals surface area contributed by atoms with Crippen LogP contribution >= 0.6 is 11.6 Å². The smallest absolute Gasteiger partial charge is 0.124 e. The van der Waals surface area contributed by atoms with Crippen LogP contribution in [0.15, 0.2) is 60.7 Å². The van der Waals surface area contributed by atoms with Crippen LogP contribution in [0.5, 0.6) is 5.75 Å². The predicted molar refractivity (Wildman–Crippen MR) is 105 cm³/mol. The summed E-state index contributed by atoms with van der Waals surface area (Å²) in [5, 5.41) is 4.12. The molecule has 4 heteroatoms.